The molecule has 4 heterocycles. The second-order valence-electron chi connectivity index (χ2n) is 14.5. The summed E-state index contributed by atoms with van der Waals surface area (Å²) < 4.78 is 13.9. The first-order chi connectivity index (χ1) is 25.8. The Morgan fingerprint density at radius 1 is 0.519 bits per heavy atom. The lowest BCUT2D eigenvalue weighted by molar-refractivity contribution is 0.398. The number of benzene rings is 7. The predicted octanol–water partition coefficient (Wildman–Crippen LogP) is 7.91. The molecule has 12 rings (SSSR count). The monoisotopic (exact) mass is 663 g/mol. The summed E-state index contributed by atoms with van der Waals surface area (Å²) in [5, 5.41) is 2.46. The molecule has 0 bridgehead atoms. The van der Waals surface area contributed by atoms with Crippen molar-refractivity contribution in [1.82, 2.24) is 0 Å². The van der Waals surface area contributed by atoms with E-state index in [0.717, 1.165) is 47.2 Å². The van der Waals surface area contributed by atoms with Gasteiger partial charge >= 0.3 is 0 Å². The topological polar surface area (TPSA) is 21.7 Å². The smallest absolute Gasteiger partial charge is 0.257 e. The van der Waals surface area contributed by atoms with Crippen molar-refractivity contribution in [2.24, 2.45) is 0 Å². The summed E-state index contributed by atoms with van der Waals surface area (Å²) in [6, 6.07) is 55.3. The molecule has 242 valence electrons. The third-order valence-electron chi connectivity index (χ3n) is 12.0. The predicted molar refractivity (Wildman–Crippen MR) is 215 cm³/mol. The number of nitrogens with zero attached hydrogens (tertiary/aromatic N) is 1. The van der Waals surface area contributed by atoms with Gasteiger partial charge < -0.3 is 14.4 Å². The summed E-state index contributed by atoms with van der Waals surface area (Å²) in [7, 11) is 0. The standard InChI is InChI=1S/C47H31B2NO2/c1-3-13-29(14-4-1)43-33-17-7-8-19-35(33)48-44-31-25-28-42-45(32(31)26-27-41(44)51-39-23-11-18-34(43)46(39)48)49-36-20-9-10-21-37(36)50(30-15-5-2-6-16-30)38-22-12-24-40(52-42)47(38)49/h1-10,12-22,24-28,43H,11,23H2. The Bertz CT molecular complexity index is 2720. The molecule has 5 aliphatic rings. The zero-order valence-corrected chi connectivity index (χ0v) is 28.4. The molecule has 7 aromatic rings. The van der Waals surface area contributed by atoms with Gasteiger partial charge in [0.2, 0.25) is 0 Å². The van der Waals surface area contributed by atoms with E-state index in [2.05, 4.69) is 163 Å². The van der Waals surface area contributed by atoms with Crippen LogP contribution in [0.2, 0.25) is 0 Å². The molecular weight excluding hydrogens is 632 g/mol. The summed E-state index contributed by atoms with van der Waals surface area (Å²) in [6.45, 7) is 0.0983. The van der Waals surface area contributed by atoms with Crippen LogP contribution in [0.5, 0.6) is 17.2 Å². The van der Waals surface area contributed by atoms with E-state index in [4.69, 9.17) is 9.47 Å². The van der Waals surface area contributed by atoms with E-state index in [-0.39, 0.29) is 19.3 Å². The first-order valence-corrected chi connectivity index (χ1v) is 18.4. The highest BCUT2D eigenvalue weighted by molar-refractivity contribution is 7.01. The quantitative estimate of drug-likeness (QED) is 0.176. The number of rotatable bonds is 2. The van der Waals surface area contributed by atoms with Gasteiger partial charge in [-0.05, 0) is 104 Å². The van der Waals surface area contributed by atoms with Crippen molar-refractivity contribution in [1.29, 1.82) is 0 Å². The van der Waals surface area contributed by atoms with Crippen LogP contribution < -0.4 is 41.7 Å². The number of para-hydroxylation sites is 2. The average Bonchev–Trinajstić information content (AvgIpc) is 3.21. The maximum atomic E-state index is 6.98. The molecule has 0 N–H and O–H groups in total. The van der Waals surface area contributed by atoms with Gasteiger partial charge in [0.05, 0.1) is 5.76 Å². The number of anilines is 3. The Morgan fingerprint density at radius 3 is 2.00 bits per heavy atom. The minimum absolute atomic E-state index is 0.0124. The van der Waals surface area contributed by atoms with Crippen LogP contribution >= 0.6 is 0 Å². The van der Waals surface area contributed by atoms with E-state index in [9.17, 15) is 0 Å². The maximum absolute atomic E-state index is 6.98. The molecular formula is C47H31B2NO2. The number of hydrogen-bond donors (Lipinski definition) is 0. The van der Waals surface area contributed by atoms with Crippen LogP contribution in [0.3, 0.4) is 0 Å². The fourth-order valence-electron chi connectivity index (χ4n) is 10.1. The highest BCUT2D eigenvalue weighted by atomic mass is 16.5. The Morgan fingerprint density at radius 2 is 1.17 bits per heavy atom. The van der Waals surface area contributed by atoms with E-state index in [1.807, 2.05) is 0 Å². The van der Waals surface area contributed by atoms with E-state index in [1.165, 1.54) is 65.9 Å². The molecule has 4 aliphatic heterocycles. The zero-order valence-electron chi connectivity index (χ0n) is 28.4. The first kappa shape index (κ1) is 28.5. The Labute approximate surface area is 303 Å². The summed E-state index contributed by atoms with van der Waals surface area (Å²) in [4.78, 5) is 2.40. The minimum Gasteiger partial charge on any atom is -0.463 e. The second-order valence-corrected chi connectivity index (χ2v) is 14.5. The van der Waals surface area contributed by atoms with Crippen molar-refractivity contribution in [2.75, 3.05) is 4.90 Å². The molecule has 0 fully saturated rings. The van der Waals surface area contributed by atoms with Gasteiger partial charge in [0.1, 0.15) is 17.2 Å². The lowest BCUT2D eigenvalue weighted by Gasteiger charge is -2.42. The second kappa shape index (κ2) is 10.7. The lowest BCUT2D eigenvalue weighted by Crippen LogP contribution is -2.60. The lowest BCUT2D eigenvalue weighted by atomic mass is 9.29. The van der Waals surface area contributed by atoms with Gasteiger partial charge in [-0.2, -0.15) is 0 Å². The van der Waals surface area contributed by atoms with E-state index >= 15 is 0 Å². The molecule has 3 nitrogen and oxygen atoms in total. The summed E-state index contributed by atoms with van der Waals surface area (Å²) in [5.41, 5.74) is 15.4. The molecule has 0 amide bonds. The van der Waals surface area contributed by atoms with Gasteiger partial charge in [-0.25, -0.2) is 0 Å². The van der Waals surface area contributed by atoms with Crippen LogP contribution in [0.25, 0.3) is 10.8 Å². The van der Waals surface area contributed by atoms with Crippen LogP contribution in [0.4, 0.5) is 17.1 Å². The molecule has 7 aromatic carbocycles. The number of hydrogen-bond acceptors (Lipinski definition) is 3. The fraction of sp³-hybridized carbons (Fsp3) is 0.0638. The van der Waals surface area contributed by atoms with Crippen molar-refractivity contribution < 1.29 is 9.47 Å². The van der Waals surface area contributed by atoms with Crippen LogP contribution in [0, 0.1) is 0 Å². The molecule has 52 heavy (non-hydrogen) atoms. The largest absolute Gasteiger partial charge is 0.463 e. The van der Waals surface area contributed by atoms with Crippen LogP contribution in [0.15, 0.2) is 175 Å². The third kappa shape index (κ3) is 3.78. The highest BCUT2D eigenvalue weighted by Crippen LogP contribution is 2.47. The molecule has 0 spiro atoms. The maximum Gasteiger partial charge on any atom is 0.257 e. The van der Waals surface area contributed by atoms with Crippen LogP contribution in [-0.2, 0) is 0 Å². The zero-order chi connectivity index (χ0) is 33.9. The van der Waals surface area contributed by atoms with E-state index in [1.54, 1.807) is 0 Å². The number of allylic oxidation sites excluding steroid dienone is 4. The molecule has 1 unspecified atom stereocenters. The van der Waals surface area contributed by atoms with Crippen LogP contribution in [-0.4, -0.2) is 13.4 Å². The molecule has 1 atom stereocenters. The summed E-state index contributed by atoms with van der Waals surface area (Å²) in [5.74, 6) is 4.13. The average molecular weight is 663 g/mol. The van der Waals surface area contributed by atoms with Crippen molar-refractivity contribution >= 4 is 68.6 Å². The summed E-state index contributed by atoms with van der Waals surface area (Å²) >= 11 is 0. The van der Waals surface area contributed by atoms with Crippen molar-refractivity contribution in [3.05, 3.63) is 186 Å². The molecule has 0 radical (unpaired) electrons. The normalized spacial score (nSPS) is 17.1. The number of fused-ring (bicyclic) bond motifs is 11. The van der Waals surface area contributed by atoms with Gasteiger partial charge in [0, 0.05) is 29.4 Å². The highest BCUT2D eigenvalue weighted by Gasteiger charge is 2.47. The van der Waals surface area contributed by atoms with Crippen LogP contribution in [0.1, 0.15) is 29.9 Å². The summed E-state index contributed by atoms with van der Waals surface area (Å²) in [6.07, 6.45) is 4.40. The minimum atomic E-state index is 0.0124. The SMILES string of the molecule is C1=C2C3=C(CC1)Oc1ccc4c5c(ccc4c1B3c1ccccc1C2c1ccccc1)Oc1cccc2c1B5c1ccccc1N2c1ccccc1. The molecule has 0 saturated carbocycles. The van der Waals surface area contributed by atoms with E-state index < -0.39 is 0 Å². The molecule has 0 saturated heterocycles. The van der Waals surface area contributed by atoms with Crippen molar-refractivity contribution in [2.45, 2.75) is 18.8 Å². The number of ether oxygens (including phenoxy) is 2. The van der Waals surface area contributed by atoms with Gasteiger partial charge in [0.25, 0.3) is 13.4 Å². The Hall–Kier alpha value is -6.19. The fourth-order valence-corrected chi connectivity index (χ4v) is 10.1. The van der Waals surface area contributed by atoms with Crippen molar-refractivity contribution in [3.8, 4) is 17.2 Å². The van der Waals surface area contributed by atoms with E-state index in [0.29, 0.717) is 0 Å². The molecule has 5 heteroatoms. The van der Waals surface area contributed by atoms with Gasteiger partial charge in [-0.15, -0.1) is 0 Å². The van der Waals surface area contributed by atoms with Gasteiger partial charge in [0.15, 0.2) is 0 Å². The third-order valence-corrected chi connectivity index (χ3v) is 12.0. The van der Waals surface area contributed by atoms with Gasteiger partial charge in [-0.1, -0.05) is 121 Å². The first-order valence-electron chi connectivity index (χ1n) is 18.4. The van der Waals surface area contributed by atoms with Crippen molar-refractivity contribution in [3.63, 3.8) is 0 Å². The Kier molecular flexibility index (Phi) is 5.84. The molecule has 1 aliphatic carbocycles. The van der Waals surface area contributed by atoms with Gasteiger partial charge in [-0.3, -0.25) is 0 Å². The molecule has 0 aromatic heterocycles. The Balaban J connectivity index is 1.11.